The van der Waals surface area contributed by atoms with Crippen LogP contribution in [-0.2, 0) is 4.79 Å². The minimum absolute atomic E-state index is 0.0741. The minimum Gasteiger partial charge on any atom is -0.462 e. The standard InChI is InChI=1S/C31H31FN6O2S/c1-20(32)30(39)38-15-14-37(18-22(38)10-12-33)29-26-9-8-21(24-6-3-7-28-25(24)11-16-41-28)17-27(26)34-31(35-29)40-19-23-5-4-13-36(23)2/h3,6-9,11,16-17,22-23H,1,4-5,10,13-15,18-19H2,2H3/t22-,23-/m0/s1. The number of carbonyl (C=O) groups is 1. The smallest absolute Gasteiger partial charge is 0.319 e. The van der Waals surface area contributed by atoms with Gasteiger partial charge in [-0.05, 0) is 67.2 Å². The van der Waals surface area contributed by atoms with E-state index < -0.39 is 17.8 Å². The Kier molecular flexibility index (Phi) is 7.56. The molecule has 0 unspecified atom stereocenters. The zero-order valence-electron chi connectivity index (χ0n) is 22.9. The highest BCUT2D eigenvalue weighted by Gasteiger charge is 2.33. The molecule has 0 bridgehead atoms. The van der Waals surface area contributed by atoms with Gasteiger partial charge in [0.1, 0.15) is 12.4 Å². The molecule has 4 heterocycles. The number of rotatable bonds is 7. The van der Waals surface area contributed by atoms with E-state index in [1.165, 1.54) is 15.0 Å². The number of thiophene rings is 1. The second-order valence-electron chi connectivity index (χ2n) is 10.7. The lowest BCUT2D eigenvalue weighted by molar-refractivity contribution is -0.131. The number of amides is 1. The van der Waals surface area contributed by atoms with Gasteiger partial charge in [0.15, 0.2) is 5.83 Å². The second kappa shape index (κ2) is 11.4. The van der Waals surface area contributed by atoms with Crippen molar-refractivity contribution in [2.45, 2.75) is 31.3 Å². The Balaban J connectivity index is 1.39. The number of benzene rings is 2. The van der Waals surface area contributed by atoms with Crippen LogP contribution in [0.3, 0.4) is 0 Å². The summed E-state index contributed by atoms with van der Waals surface area (Å²) in [4.78, 5) is 27.9. The third-order valence-electron chi connectivity index (χ3n) is 8.14. The number of nitrogens with zero attached hydrogens (tertiary/aromatic N) is 6. The highest BCUT2D eigenvalue weighted by molar-refractivity contribution is 7.17. The Labute approximate surface area is 242 Å². The average molecular weight is 571 g/mol. The molecule has 0 N–H and O–H groups in total. The van der Waals surface area contributed by atoms with Crippen LogP contribution in [0.4, 0.5) is 10.2 Å². The van der Waals surface area contributed by atoms with Crippen LogP contribution in [0.15, 0.2) is 60.3 Å². The molecule has 2 fully saturated rings. The summed E-state index contributed by atoms with van der Waals surface area (Å²) < 4.78 is 21.2. The predicted octanol–water partition coefficient (Wildman–Crippen LogP) is 5.40. The van der Waals surface area contributed by atoms with Crippen LogP contribution in [0, 0.1) is 11.3 Å². The maximum absolute atomic E-state index is 13.7. The number of ether oxygens (including phenoxy) is 1. The van der Waals surface area contributed by atoms with Gasteiger partial charge in [-0.25, -0.2) is 4.39 Å². The summed E-state index contributed by atoms with van der Waals surface area (Å²) in [5, 5.41) is 13.6. The van der Waals surface area contributed by atoms with Crippen molar-refractivity contribution in [3.63, 3.8) is 0 Å². The van der Waals surface area contributed by atoms with E-state index in [9.17, 15) is 14.4 Å². The van der Waals surface area contributed by atoms with Crippen LogP contribution in [0.2, 0.25) is 0 Å². The summed E-state index contributed by atoms with van der Waals surface area (Å²) in [6.45, 7) is 5.71. The molecule has 41 heavy (non-hydrogen) atoms. The van der Waals surface area contributed by atoms with Crippen LogP contribution >= 0.6 is 11.3 Å². The van der Waals surface area contributed by atoms with Gasteiger partial charge in [-0.1, -0.05) is 24.8 Å². The molecule has 8 nitrogen and oxygen atoms in total. The molecule has 10 heteroatoms. The summed E-state index contributed by atoms with van der Waals surface area (Å²) in [6.07, 6.45) is 2.28. The lowest BCUT2D eigenvalue weighted by atomic mass is 10.0. The maximum Gasteiger partial charge on any atom is 0.319 e. The second-order valence-corrected chi connectivity index (χ2v) is 11.6. The van der Waals surface area contributed by atoms with Gasteiger partial charge in [0.25, 0.3) is 5.91 Å². The molecule has 0 spiro atoms. The fourth-order valence-electron chi connectivity index (χ4n) is 5.92. The predicted molar refractivity (Wildman–Crippen MR) is 160 cm³/mol. The molecule has 2 aromatic carbocycles. The molecule has 1 amide bonds. The molecule has 6 rings (SSSR count). The highest BCUT2D eigenvalue weighted by atomic mass is 32.1. The maximum atomic E-state index is 13.7. The molecule has 0 aliphatic carbocycles. The molecule has 0 radical (unpaired) electrons. The lowest BCUT2D eigenvalue weighted by Crippen LogP contribution is -2.55. The normalized spacial score (nSPS) is 19.5. The van der Waals surface area contributed by atoms with Crippen molar-refractivity contribution in [1.29, 1.82) is 5.26 Å². The van der Waals surface area contributed by atoms with Gasteiger partial charge in [0.05, 0.1) is 24.0 Å². The number of hydrogen-bond donors (Lipinski definition) is 0. The number of likely N-dealkylation sites (tertiary alicyclic amines) is 1. The lowest BCUT2D eigenvalue weighted by Gasteiger charge is -2.41. The van der Waals surface area contributed by atoms with E-state index in [4.69, 9.17) is 14.7 Å². The number of piperazine rings is 1. The molecular formula is C31H31FN6O2S. The minimum atomic E-state index is -1.02. The van der Waals surface area contributed by atoms with Gasteiger partial charge < -0.3 is 19.4 Å². The molecule has 2 atom stereocenters. The quantitative estimate of drug-likeness (QED) is 0.275. The Bertz CT molecular complexity index is 1670. The zero-order valence-corrected chi connectivity index (χ0v) is 23.7. The number of hydrogen-bond acceptors (Lipinski definition) is 8. The molecule has 2 saturated heterocycles. The summed E-state index contributed by atoms with van der Waals surface area (Å²) in [5.74, 6) is -1.11. The third kappa shape index (κ3) is 5.35. The Morgan fingerprint density at radius 3 is 2.83 bits per heavy atom. The van der Waals surface area contributed by atoms with Gasteiger partial charge in [0, 0.05) is 41.1 Å². The number of carbonyl (C=O) groups excluding carboxylic acids is 1. The van der Waals surface area contributed by atoms with Crippen LogP contribution in [0.25, 0.3) is 32.1 Å². The van der Waals surface area contributed by atoms with Gasteiger partial charge in [-0.2, -0.15) is 15.2 Å². The summed E-state index contributed by atoms with van der Waals surface area (Å²) in [5.41, 5.74) is 2.93. The number of aromatic nitrogens is 2. The average Bonchev–Trinajstić information content (AvgIpc) is 3.63. The number of nitriles is 1. The topological polar surface area (TPSA) is 85.6 Å². The van der Waals surface area contributed by atoms with E-state index in [0.29, 0.717) is 37.6 Å². The van der Waals surface area contributed by atoms with Gasteiger partial charge in [0.2, 0.25) is 0 Å². The molecular weight excluding hydrogens is 539 g/mol. The van der Waals surface area contributed by atoms with Crippen molar-refractivity contribution >= 4 is 44.1 Å². The SMILES string of the molecule is C=C(F)C(=O)N1CCN(c2nc(OC[C@@H]3CCCN3C)nc3cc(-c4cccc5sccc45)ccc23)C[C@@H]1CC#N. The highest BCUT2D eigenvalue weighted by Crippen LogP contribution is 2.36. The monoisotopic (exact) mass is 570 g/mol. The fraction of sp³-hybridized carbons (Fsp3) is 0.355. The molecule has 0 saturated carbocycles. The third-order valence-corrected chi connectivity index (χ3v) is 9.02. The van der Waals surface area contributed by atoms with E-state index in [1.807, 2.05) is 11.0 Å². The van der Waals surface area contributed by atoms with E-state index >= 15 is 0 Å². The van der Waals surface area contributed by atoms with Gasteiger partial charge in [-0.15, -0.1) is 11.3 Å². The Morgan fingerprint density at radius 2 is 2.05 bits per heavy atom. The van der Waals surface area contributed by atoms with E-state index in [0.717, 1.165) is 41.4 Å². The largest absolute Gasteiger partial charge is 0.462 e. The van der Waals surface area contributed by atoms with E-state index in [1.54, 1.807) is 11.3 Å². The first-order valence-corrected chi connectivity index (χ1v) is 14.7. The van der Waals surface area contributed by atoms with E-state index in [-0.39, 0.29) is 13.0 Å². The molecule has 2 aliphatic rings. The first kappa shape index (κ1) is 27.1. The molecule has 210 valence electrons. The van der Waals surface area contributed by atoms with Crippen LogP contribution in [0.1, 0.15) is 19.3 Å². The number of fused-ring (bicyclic) bond motifs is 2. The van der Waals surface area contributed by atoms with Crippen molar-refractivity contribution in [2.75, 3.05) is 44.7 Å². The number of likely N-dealkylation sites (N-methyl/N-ethyl adjacent to an activating group) is 1. The van der Waals surface area contributed by atoms with Gasteiger partial charge in [-0.3, -0.25) is 4.79 Å². The summed E-state index contributed by atoms with van der Waals surface area (Å²) in [6, 6.07) is 16.9. The molecule has 4 aromatic rings. The van der Waals surface area contributed by atoms with Crippen molar-refractivity contribution in [3.05, 3.63) is 60.3 Å². The van der Waals surface area contributed by atoms with Crippen LogP contribution in [0.5, 0.6) is 6.01 Å². The van der Waals surface area contributed by atoms with E-state index in [2.05, 4.69) is 66.4 Å². The van der Waals surface area contributed by atoms with Crippen LogP contribution < -0.4 is 9.64 Å². The van der Waals surface area contributed by atoms with Crippen molar-refractivity contribution in [2.24, 2.45) is 0 Å². The molecule has 2 aliphatic heterocycles. The van der Waals surface area contributed by atoms with Crippen molar-refractivity contribution < 1.29 is 13.9 Å². The van der Waals surface area contributed by atoms with Crippen molar-refractivity contribution in [3.8, 4) is 23.2 Å². The Hall–Kier alpha value is -4.07. The zero-order chi connectivity index (χ0) is 28.5. The van der Waals surface area contributed by atoms with Crippen LogP contribution in [-0.4, -0.2) is 77.6 Å². The van der Waals surface area contributed by atoms with Crippen molar-refractivity contribution in [1.82, 2.24) is 19.8 Å². The van der Waals surface area contributed by atoms with Gasteiger partial charge >= 0.3 is 6.01 Å². The summed E-state index contributed by atoms with van der Waals surface area (Å²) >= 11 is 1.71. The fourth-order valence-corrected chi connectivity index (χ4v) is 6.74. The Morgan fingerprint density at radius 1 is 1.17 bits per heavy atom. The number of halogens is 1. The first-order chi connectivity index (χ1) is 19.9. The molecule has 2 aromatic heterocycles. The summed E-state index contributed by atoms with van der Waals surface area (Å²) in [7, 11) is 2.10. The number of anilines is 1. The first-order valence-electron chi connectivity index (χ1n) is 13.8.